The van der Waals surface area contributed by atoms with Crippen molar-refractivity contribution in [2.45, 2.75) is 25.6 Å². The van der Waals surface area contributed by atoms with Gasteiger partial charge in [0.15, 0.2) is 0 Å². The third-order valence-corrected chi connectivity index (χ3v) is 3.93. The number of fused-ring (bicyclic) bond motifs is 1. The molecule has 2 nitrogen and oxygen atoms in total. The van der Waals surface area contributed by atoms with Gasteiger partial charge in [0.05, 0.1) is 12.2 Å². The molecule has 0 bridgehead atoms. The Kier molecular flexibility index (Phi) is 3.74. The van der Waals surface area contributed by atoms with Crippen LogP contribution in [0.25, 0.3) is 0 Å². The van der Waals surface area contributed by atoms with Gasteiger partial charge in [0.1, 0.15) is 23.8 Å². The van der Waals surface area contributed by atoms with Gasteiger partial charge in [-0.15, -0.1) is 0 Å². The van der Waals surface area contributed by atoms with E-state index in [1.54, 1.807) is 6.92 Å². The summed E-state index contributed by atoms with van der Waals surface area (Å²) in [7, 11) is 0. The molecule has 0 amide bonds. The summed E-state index contributed by atoms with van der Waals surface area (Å²) in [5, 5.41) is 10.5. The van der Waals surface area contributed by atoms with Gasteiger partial charge < -0.3 is 9.84 Å². The molecule has 1 N–H and O–H groups in total. The van der Waals surface area contributed by atoms with Crippen LogP contribution in [-0.2, 0) is 11.2 Å². The van der Waals surface area contributed by atoms with E-state index in [1.807, 2.05) is 24.3 Å². The third-order valence-electron chi connectivity index (χ3n) is 3.93. The highest BCUT2D eigenvalue weighted by molar-refractivity contribution is 5.35. The Morgan fingerprint density at radius 2 is 1.95 bits per heavy atom. The van der Waals surface area contributed by atoms with Crippen molar-refractivity contribution in [2.75, 3.05) is 6.61 Å². The second-order valence-corrected chi connectivity index (χ2v) is 5.28. The topological polar surface area (TPSA) is 29.5 Å². The van der Waals surface area contributed by atoms with E-state index in [9.17, 15) is 13.9 Å². The first-order chi connectivity index (χ1) is 10.1. The van der Waals surface area contributed by atoms with E-state index in [1.165, 1.54) is 12.1 Å². The van der Waals surface area contributed by atoms with Gasteiger partial charge in [-0.1, -0.05) is 30.3 Å². The van der Waals surface area contributed by atoms with Crippen LogP contribution in [0.5, 0.6) is 0 Å². The van der Waals surface area contributed by atoms with Gasteiger partial charge in [0.25, 0.3) is 0 Å². The van der Waals surface area contributed by atoms with E-state index < -0.39 is 23.8 Å². The first-order valence-electron chi connectivity index (χ1n) is 6.91. The van der Waals surface area contributed by atoms with Crippen LogP contribution in [0.15, 0.2) is 36.4 Å². The van der Waals surface area contributed by atoms with Gasteiger partial charge in [-0.2, -0.15) is 0 Å². The number of ether oxygens (including phenoxy) is 1. The molecule has 4 heteroatoms. The van der Waals surface area contributed by atoms with Crippen LogP contribution in [0, 0.1) is 18.6 Å². The molecular weight excluding hydrogens is 274 g/mol. The molecule has 0 saturated heterocycles. The summed E-state index contributed by atoms with van der Waals surface area (Å²) < 4.78 is 33.7. The molecule has 3 rings (SSSR count). The van der Waals surface area contributed by atoms with Crippen molar-refractivity contribution < 1.29 is 18.6 Å². The van der Waals surface area contributed by atoms with Crippen molar-refractivity contribution in [2.24, 2.45) is 0 Å². The molecule has 0 spiro atoms. The largest absolute Gasteiger partial charge is 0.385 e. The highest BCUT2D eigenvalue weighted by Gasteiger charge is 2.32. The average molecular weight is 290 g/mol. The van der Waals surface area contributed by atoms with Crippen LogP contribution in [0.1, 0.15) is 34.5 Å². The zero-order valence-electron chi connectivity index (χ0n) is 11.6. The molecule has 0 radical (unpaired) electrons. The van der Waals surface area contributed by atoms with Crippen LogP contribution >= 0.6 is 0 Å². The van der Waals surface area contributed by atoms with Crippen LogP contribution < -0.4 is 0 Å². The van der Waals surface area contributed by atoms with Crippen molar-refractivity contribution in [3.63, 3.8) is 0 Å². The van der Waals surface area contributed by atoms with Crippen molar-refractivity contribution in [3.8, 4) is 0 Å². The minimum atomic E-state index is -1.37. The summed E-state index contributed by atoms with van der Waals surface area (Å²) >= 11 is 0. The van der Waals surface area contributed by atoms with Crippen LogP contribution in [0.3, 0.4) is 0 Å². The average Bonchev–Trinajstić information content (AvgIpc) is 2.50. The van der Waals surface area contributed by atoms with E-state index in [2.05, 4.69) is 0 Å². The van der Waals surface area contributed by atoms with E-state index in [-0.39, 0.29) is 5.56 Å². The normalized spacial score (nSPS) is 19.1. The predicted octanol–water partition coefficient (Wildman–Crippen LogP) is 3.62. The fraction of sp³-hybridized carbons (Fsp3) is 0.294. The molecule has 0 aliphatic carbocycles. The highest BCUT2D eigenvalue weighted by Crippen LogP contribution is 2.39. The molecular formula is C17H16F2O2. The lowest BCUT2D eigenvalue weighted by atomic mass is 9.90. The van der Waals surface area contributed by atoms with Crippen LogP contribution in [-0.4, -0.2) is 11.7 Å². The highest BCUT2D eigenvalue weighted by atomic mass is 19.1. The Bertz CT molecular complexity index is 670. The van der Waals surface area contributed by atoms with Gasteiger partial charge in [-0.25, -0.2) is 8.78 Å². The molecule has 0 aromatic heterocycles. The lowest BCUT2D eigenvalue weighted by Gasteiger charge is -2.30. The maximum absolute atomic E-state index is 14.2. The van der Waals surface area contributed by atoms with E-state index in [0.717, 1.165) is 17.5 Å². The fourth-order valence-electron chi connectivity index (χ4n) is 2.79. The van der Waals surface area contributed by atoms with Gasteiger partial charge in [-0.3, -0.25) is 0 Å². The smallest absolute Gasteiger partial charge is 0.134 e. The van der Waals surface area contributed by atoms with E-state index in [4.69, 9.17) is 4.74 Å². The molecule has 2 aromatic carbocycles. The Morgan fingerprint density at radius 3 is 2.76 bits per heavy atom. The summed E-state index contributed by atoms with van der Waals surface area (Å²) in [4.78, 5) is 0. The number of aliphatic hydroxyl groups excluding tert-OH is 1. The molecule has 1 aliphatic heterocycles. The molecule has 21 heavy (non-hydrogen) atoms. The third kappa shape index (κ3) is 2.45. The second kappa shape index (κ2) is 5.54. The predicted molar refractivity (Wildman–Crippen MR) is 74.9 cm³/mol. The van der Waals surface area contributed by atoms with E-state index >= 15 is 0 Å². The fourth-order valence-corrected chi connectivity index (χ4v) is 2.79. The number of halogens is 2. The minimum Gasteiger partial charge on any atom is -0.385 e. The van der Waals surface area contributed by atoms with Gasteiger partial charge in [0.2, 0.25) is 0 Å². The lowest BCUT2D eigenvalue weighted by Crippen LogP contribution is -2.23. The standard InChI is InChI=1S/C17H16F2O2/c1-10-6-7-13(18)14(15(10)19)16(20)17-12-5-3-2-4-11(12)8-9-21-17/h2-7,16-17,20H,8-9H2,1H3. The SMILES string of the molecule is Cc1ccc(F)c(C(O)C2OCCc3ccccc32)c1F. The van der Waals surface area contributed by atoms with Crippen molar-refractivity contribution in [1.82, 2.24) is 0 Å². The number of hydrogen-bond donors (Lipinski definition) is 1. The van der Waals surface area contributed by atoms with Crippen LogP contribution in [0.2, 0.25) is 0 Å². The zero-order chi connectivity index (χ0) is 15.0. The molecule has 2 unspecified atom stereocenters. The Morgan fingerprint density at radius 1 is 1.19 bits per heavy atom. The van der Waals surface area contributed by atoms with Crippen LogP contribution in [0.4, 0.5) is 8.78 Å². The Hall–Kier alpha value is -1.78. The molecule has 0 saturated carbocycles. The molecule has 110 valence electrons. The van der Waals surface area contributed by atoms with Gasteiger partial charge in [-0.05, 0) is 36.1 Å². The first-order valence-corrected chi connectivity index (χ1v) is 6.91. The zero-order valence-corrected chi connectivity index (χ0v) is 11.6. The molecule has 0 fully saturated rings. The number of aryl methyl sites for hydroxylation is 1. The second-order valence-electron chi connectivity index (χ2n) is 5.28. The summed E-state index contributed by atoms with van der Waals surface area (Å²) in [6, 6.07) is 10.0. The van der Waals surface area contributed by atoms with E-state index in [0.29, 0.717) is 12.2 Å². The quantitative estimate of drug-likeness (QED) is 0.915. The number of benzene rings is 2. The Balaban J connectivity index is 2.05. The van der Waals surface area contributed by atoms with Crippen molar-refractivity contribution in [1.29, 1.82) is 0 Å². The summed E-state index contributed by atoms with van der Waals surface area (Å²) in [6.45, 7) is 1.97. The lowest BCUT2D eigenvalue weighted by molar-refractivity contribution is -0.0509. The number of hydrogen-bond acceptors (Lipinski definition) is 2. The molecule has 1 heterocycles. The summed E-state index contributed by atoms with van der Waals surface area (Å²) in [6.07, 6.45) is -1.38. The Labute approximate surface area is 122 Å². The number of rotatable bonds is 2. The van der Waals surface area contributed by atoms with Crippen molar-refractivity contribution in [3.05, 3.63) is 70.3 Å². The first kappa shape index (κ1) is 14.2. The maximum Gasteiger partial charge on any atom is 0.134 e. The molecule has 1 aliphatic rings. The number of aliphatic hydroxyl groups is 1. The summed E-state index contributed by atoms with van der Waals surface area (Å²) in [5.74, 6) is -1.47. The molecule has 2 atom stereocenters. The summed E-state index contributed by atoms with van der Waals surface area (Å²) in [5.41, 5.74) is 1.81. The van der Waals surface area contributed by atoms with Gasteiger partial charge in [0, 0.05) is 0 Å². The maximum atomic E-state index is 14.2. The monoisotopic (exact) mass is 290 g/mol. The molecule has 2 aromatic rings. The van der Waals surface area contributed by atoms with Gasteiger partial charge >= 0.3 is 0 Å². The van der Waals surface area contributed by atoms with Crippen molar-refractivity contribution >= 4 is 0 Å². The minimum absolute atomic E-state index is 0.301.